The topological polar surface area (TPSA) is 7.12 Å². The molecule has 0 radical (unpaired) electrons. The number of fused-ring (bicyclic) bond motifs is 6. The predicted octanol–water partition coefficient (Wildman–Crippen LogP) is 3.10. The maximum Gasteiger partial charge on any atom is 0.241 e. The van der Waals surface area contributed by atoms with Gasteiger partial charge in [0.25, 0.3) is 0 Å². The van der Waals surface area contributed by atoms with Crippen molar-refractivity contribution in [2.24, 2.45) is 5.92 Å². The summed E-state index contributed by atoms with van der Waals surface area (Å²) in [5, 5.41) is 2.67. The fraction of sp³-hybridized carbons (Fsp3) is 0.269. The zero-order chi connectivity index (χ0) is 18.5. The molecule has 3 aromatic rings. The third-order valence-corrected chi connectivity index (χ3v) is 6.74. The summed E-state index contributed by atoms with van der Waals surface area (Å²) < 4.78 is 2.55. The van der Waals surface area contributed by atoms with Gasteiger partial charge < -0.3 is 12.4 Å². The summed E-state index contributed by atoms with van der Waals surface area (Å²) in [5.74, 6) is 0.682. The fourth-order valence-corrected chi connectivity index (χ4v) is 5.43. The number of rotatable bonds is 1. The minimum absolute atomic E-state index is 0. The van der Waals surface area contributed by atoms with Crippen LogP contribution in [0.3, 0.4) is 0 Å². The number of halogens is 1. The average molecular weight is 401 g/mol. The summed E-state index contributed by atoms with van der Waals surface area (Å²) in [5.41, 5.74) is 5.35. The Labute approximate surface area is 178 Å². The summed E-state index contributed by atoms with van der Waals surface area (Å²) in [6.45, 7) is 0. The molecule has 0 amide bonds. The first-order valence-corrected chi connectivity index (χ1v) is 10.6. The molecule has 1 fully saturated rings. The highest BCUT2D eigenvalue weighted by molar-refractivity contribution is 5.90. The van der Waals surface area contributed by atoms with E-state index in [0.29, 0.717) is 12.1 Å². The van der Waals surface area contributed by atoms with Crippen LogP contribution in [-0.2, 0) is 0 Å². The van der Waals surface area contributed by atoms with Crippen LogP contribution in [0.4, 0.5) is 5.69 Å². The van der Waals surface area contributed by atoms with Crippen LogP contribution in [0.25, 0.3) is 22.9 Å². The summed E-state index contributed by atoms with van der Waals surface area (Å²) in [6.07, 6.45) is 16.4. The SMILES string of the molecule is C1=Cc2ccccc2N2C1=Cc1c3ccccc3cc[n+]1C2C1CCCCC1.[Cl-]. The van der Waals surface area contributed by atoms with Crippen LogP contribution in [0, 0.1) is 5.92 Å². The van der Waals surface area contributed by atoms with Crippen molar-refractivity contribution < 1.29 is 17.0 Å². The molecule has 2 nitrogen and oxygen atoms in total. The summed E-state index contributed by atoms with van der Waals surface area (Å²) in [4.78, 5) is 2.60. The second-order valence-corrected chi connectivity index (χ2v) is 8.34. The second kappa shape index (κ2) is 7.35. The molecule has 1 unspecified atom stereocenters. The second-order valence-electron chi connectivity index (χ2n) is 8.34. The average Bonchev–Trinajstić information content (AvgIpc) is 2.78. The Morgan fingerprint density at radius 1 is 0.828 bits per heavy atom. The van der Waals surface area contributed by atoms with E-state index in [1.807, 2.05) is 0 Å². The van der Waals surface area contributed by atoms with Crippen LogP contribution in [0.1, 0.15) is 49.5 Å². The van der Waals surface area contributed by atoms with Gasteiger partial charge in [-0.05, 0) is 42.0 Å². The van der Waals surface area contributed by atoms with Gasteiger partial charge in [0.1, 0.15) is 0 Å². The van der Waals surface area contributed by atoms with Gasteiger partial charge in [0.15, 0.2) is 6.20 Å². The molecule has 146 valence electrons. The van der Waals surface area contributed by atoms with Crippen LogP contribution < -0.4 is 21.9 Å². The van der Waals surface area contributed by atoms with Gasteiger partial charge in [0.2, 0.25) is 11.9 Å². The number of hydrogen-bond donors (Lipinski definition) is 0. The summed E-state index contributed by atoms with van der Waals surface area (Å²) in [6, 6.07) is 19.9. The maximum atomic E-state index is 2.60. The number of aromatic nitrogens is 1. The molecule has 1 aliphatic carbocycles. The highest BCUT2D eigenvalue weighted by Gasteiger charge is 2.43. The Balaban J connectivity index is 0.00000181. The molecule has 0 saturated heterocycles. The van der Waals surface area contributed by atoms with E-state index in [-0.39, 0.29) is 12.4 Å². The number of pyridine rings is 1. The molecule has 1 aromatic heterocycles. The molecule has 2 aromatic carbocycles. The molecule has 1 atom stereocenters. The highest BCUT2D eigenvalue weighted by atomic mass is 35.5. The molecule has 3 aliphatic rings. The number of hydrogen-bond acceptors (Lipinski definition) is 1. The molecule has 0 N–H and O–H groups in total. The molecule has 3 heterocycles. The van der Waals surface area contributed by atoms with E-state index in [2.05, 4.69) is 88.5 Å². The van der Waals surface area contributed by atoms with Crippen LogP contribution in [0.15, 0.2) is 72.6 Å². The molecule has 2 aliphatic heterocycles. The van der Waals surface area contributed by atoms with E-state index < -0.39 is 0 Å². The van der Waals surface area contributed by atoms with Gasteiger partial charge in [-0.15, -0.1) is 0 Å². The van der Waals surface area contributed by atoms with Gasteiger partial charge in [0, 0.05) is 18.1 Å². The van der Waals surface area contributed by atoms with Crippen molar-refractivity contribution in [3.8, 4) is 0 Å². The minimum Gasteiger partial charge on any atom is -1.00 e. The molecular formula is C26H25ClN2. The van der Waals surface area contributed by atoms with Gasteiger partial charge in [-0.1, -0.05) is 61.7 Å². The normalized spacial score (nSPS) is 20.3. The van der Waals surface area contributed by atoms with E-state index >= 15 is 0 Å². The quantitative estimate of drug-likeness (QED) is 0.569. The lowest BCUT2D eigenvalue weighted by atomic mass is 9.84. The van der Waals surface area contributed by atoms with E-state index in [1.165, 1.54) is 65.5 Å². The highest BCUT2D eigenvalue weighted by Crippen LogP contribution is 2.43. The van der Waals surface area contributed by atoms with Crippen LogP contribution in [-0.4, -0.2) is 0 Å². The van der Waals surface area contributed by atoms with Crippen molar-refractivity contribution in [2.45, 2.75) is 38.3 Å². The van der Waals surface area contributed by atoms with E-state index in [0.717, 1.165) is 0 Å². The first kappa shape index (κ1) is 18.4. The summed E-state index contributed by atoms with van der Waals surface area (Å²) in [7, 11) is 0. The van der Waals surface area contributed by atoms with Crippen molar-refractivity contribution >= 4 is 28.6 Å². The van der Waals surface area contributed by atoms with Crippen LogP contribution >= 0.6 is 0 Å². The largest absolute Gasteiger partial charge is 1.00 e. The molecule has 1 saturated carbocycles. The van der Waals surface area contributed by atoms with E-state index in [9.17, 15) is 0 Å². The predicted molar refractivity (Wildman–Crippen MR) is 116 cm³/mol. The zero-order valence-corrected chi connectivity index (χ0v) is 17.2. The van der Waals surface area contributed by atoms with Crippen molar-refractivity contribution in [3.63, 3.8) is 0 Å². The number of anilines is 1. The third kappa shape index (κ3) is 2.89. The van der Waals surface area contributed by atoms with Crippen molar-refractivity contribution in [3.05, 3.63) is 83.8 Å². The fourth-order valence-electron chi connectivity index (χ4n) is 5.43. The first-order chi connectivity index (χ1) is 13.9. The molecule has 3 heteroatoms. The molecular weight excluding hydrogens is 376 g/mol. The van der Waals surface area contributed by atoms with Crippen molar-refractivity contribution in [2.75, 3.05) is 4.90 Å². The van der Waals surface area contributed by atoms with Gasteiger partial charge in [-0.2, -0.15) is 4.57 Å². The smallest absolute Gasteiger partial charge is 0.241 e. The maximum absolute atomic E-state index is 2.60. The molecule has 0 spiro atoms. The Morgan fingerprint density at radius 2 is 1.62 bits per heavy atom. The van der Waals surface area contributed by atoms with Crippen LogP contribution in [0.5, 0.6) is 0 Å². The molecule has 6 rings (SSSR count). The van der Waals surface area contributed by atoms with Gasteiger partial charge in [0.05, 0.1) is 16.8 Å². The lowest BCUT2D eigenvalue weighted by molar-refractivity contribution is -0.731. The lowest BCUT2D eigenvalue weighted by Gasteiger charge is -2.41. The first-order valence-electron chi connectivity index (χ1n) is 10.6. The Kier molecular flexibility index (Phi) is 4.67. The van der Waals surface area contributed by atoms with Gasteiger partial charge >= 0.3 is 0 Å². The minimum atomic E-state index is 0. The number of benzene rings is 2. The van der Waals surface area contributed by atoms with Crippen LogP contribution in [0.2, 0.25) is 0 Å². The summed E-state index contributed by atoms with van der Waals surface area (Å²) >= 11 is 0. The lowest BCUT2D eigenvalue weighted by Crippen LogP contribution is -3.00. The Hall–Kier alpha value is -2.58. The van der Waals surface area contributed by atoms with Gasteiger partial charge in [-0.25, -0.2) is 0 Å². The van der Waals surface area contributed by atoms with E-state index in [4.69, 9.17) is 0 Å². The zero-order valence-electron chi connectivity index (χ0n) is 16.5. The third-order valence-electron chi connectivity index (χ3n) is 6.74. The number of para-hydroxylation sites is 1. The van der Waals surface area contributed by atoms with Crippen molar-refractivity contribution in [1.29, 1.82) is 0 Å². The number of nitrogens with zero attached hydrogens (tertiary/aromatic N) is 2. The Morgan fingerprint density at radius 3 is 2.52 bits per heavy atom. The number of allylic oxidation sites excluding steroid dienone is 1. The Bertz CT molecular complexity index is 1120. The van der Waals surface area contributed by atoms with Crippen molar-refractivity contribution in [1.82, 2.24) is 0 Å². The van der Waals surface area contributed by atoms with E-state index in [1.54, 1.807) is 0 Å². The standard InChI is InChI=1S/C26H25N2.ClH/c1-2-10-21(11-3-1)26-27-17-16-19-8-4-6-12-23(19)25(27)18-22-15-14-20-9-5-7-13-24(20)28(22)26;/h4-9,12-18,21,26H,1-3,10-11H2;1H/q+1;/p-1. The molecule has 0 bridgehead atoms. The molecule has 29 heavy (non-hydrogen) atoms. The monoisotopic (exact) mass is 400 g/mol. The van der Waals surface area contributed by atoms with Gasteiger partial charge in [-0.3, -0.25) is 4.90 Å².